The average Bonchev–Trinajstić information content (AvgIpc) is 3.39. The third-order valence-electron chi connectivity index (χ3n) is 8.37. The first-order chi connectivity index (χ1) is 20.2. The normalized spacial score (nSPS) is 18.6. The van der Waals surface area contributed by atoms with Crippen LogP contribution in [0.3, 0.4) is 0 Å². The highest BCUT2D eigenvalue weighted by molar-refractivity contribution is 5.83. The number of hydrogen-bond donors (Lipinski definition) is 1. The van der Waals surface area contributed by atoms with Gasteiger partial charge < -0.3 is 24.4 Å². The van der Waals surface area contributed by atoms with Gasteiger partial charge in [-0.05, 0) is 44.0 Å². The predicted molar refractivity (Wildman–Crippen MR) is 158 cm³/mol. The number of piperidine rings is 1. The van der Waals surface area contributed by atoms with Gasteiger partial charge in [0.15, 0.2) is 0 Å². The number of amides is 1. The summed E-state index contributed by atoms with van der Waals surface area (Å²) >= 11 is 0. The van der Waals surface area contributed by atoms with Crippen molar-refractivity contribution >= 4 is 28.4 Å². The molecule has 2 saturated heterocycles. The summed E-state index contributed by atoms with van der Waals surface area (Å²) in [5.74, 6) is -2.41. The molecule has 11 heteroatoms. The molecular formula is C31H35F2N7O2. The molecule has 3 aromatic heterocycles. The lowest BCUT2D eigenvalue weighted by Crippen LogP contribution is -2.54. The summed E-state index contributed by atoms with van der Waals surface area (Å²) < 4.78 is 30.7. The van der Waals surface area contributed by atoms with Gasteiger partial charge in [-0.2, -0.15) is 0 Å². The zero-order valence-electron chi connectivity index (χ0n) is 23.8. The van der Waals surface area contributed by atoms with E-state index in [4.69, 9.17) is 0 Å². The van der Waals surface area contributed by atoms with Gasteiger partial charge in [0, 0.05) is 98.2 Å². The van der Waals surface area contributed by atoms with Gasteiger partial charge >= 0.3 is 0 Å². The molecule has 0 radical (unpaired) electrons. The highest BCUT2D eigenvalue weighted by Crippen LogP contribution is 2.37. The van der Waals surface area contributed by atoms with E-state index in [-0.39, 0.29) is 30.2 Å². The van der Waals surface area contributed by atoms with Crippen LogP contribution >= 0.6 is 0 Å². The number of halogens is 2. The molecular weight excluding hydrogens is 540 g/mol. The van der Waals surface area contributed by atoms with Crippen LogP contribution in [-0.2, 0) is 17.3 Å². The fourth-order valence-electron chi connectivity index (χ4n) is 5.96. The zero-order chi connectivity index (χ0) is 29.4. The molecule has 0 saturated carbocycles. The second kappa shape index (κ2) is 11.3. The molecule has 0 bridgehead atoms. The van der Waals surface area contributed by atoms with Gasteiger partial charge in [-0.15, -0.1) is 0 Å². The molecule has 42 heavy (non-hydrogen) atoms. The summed E-state index contributed by atoms with van der Waals surface area (Å²) in [6, 6.07) is 8.56. The quantitative estimate of drug-likeness (QED) is 0.367. The van der Waals surface area contributed by atoms with Crippen molar-refractivity contribution in [1.82, 2.24) is 24.4 Å². The Morgan fingerprint density at radius 1 is 1.02 bits per heavy atom. The van der Waals surface area contributed by atoms with Crippen molar-refractivity contribution in [2.24, 2.45) is 0 Å². The molecule has 4 aromatic rings. The van der Waals surface area contributed by atoms with Crippen LogP contribution in [0.4, 0.5) is 20.4 Å². The smallest absolute Gasteiger partial charge is 0.270 e. The van der Waals surface area contributed by atoms with Crippen molar-refractivity contribution in [2.45, 2.75) is 51.3 Å². The van der Waals surface area contributed by atoms with Crippen LogP contribution in [0.25, 0.3) is 22.0 Å². The van der Waals surface area contributed by atoms with Crippen LogP contribution in [0, 0.1) is 0 Å². The Morgan fingerprint density at radius 2 is 1.79 bits per heavy atom. The number of anilines is 2. The number of aromatic nitrogens is 4. The number of fused-ring (bicyclic) bond motifs is 1. The topological polar surface area (TPSA) is 90.6 Å². The van der Waals surface area contributed by atoms with Gasteiger partial charge in [0.1, 0.15) is 6.54 Å². The lowest BCUT2D eigenvalue weighted by Gasteiger charge is -2.42. The molecule has 5 heterocycles. The van der Waals surface area contributed by atoms with E-state index in [9.17, 15) is 18.7 Å². The van der Waals surface area contributed by atoms with Gasteiger partial charge in [0.25, 0.3) is 5.92 Å². The molecule has 2 aliphatic heterocycles. The van der Waals surface area contributed by atoms with Crippen molar-refractivity contribution in [3.05, 3.63) is 66.9 Å². The van der Waals surface area contributed by atoms with Crippen molar-refractivity contribution in [3.8, 4) is 11.1 Å². The van der Waals surface area contributed by atoms with Crippen LogP contribution < -0.4 is 9.80 Å². The Kier molecular flexibility index (Phi) is 7.53. The largest absolute Gasteiger partial charge is 0.393 e. The van der Waals surface area contributed by atoms with Crippen molar-refractivity contribution in [1.29, 1.82) is 0 Å². The van der Waals surface area contributed by atoms with Crippen LogP contribution in [0.5, 0.6) is 0 Å². The van der Waals surface area contributed by atoms with Gasteiger partial charge in [0.05, 0.1) is 17.8 Å². The average molecular weight is 576 g/mol. The van der Waals surface area contributed by atoms with Crippen LogP contribution in [0.2, 0.25) is 0 Å². The number of alkyl halides is 2. The highest BCUT2D eigenvalue weighted by atomic mass is 19.3. The number of aliphatic hydroxyl groups is 1. The third-order valence-corrected chi connectivity index (χ3v) is 8.37. The molecule has 0 spiro atoms. The summed E-state index contributed by atoms with van der Waals surface area (Å²) in [5, 5.41) is 10.9. The summed E-state index contributed by atoms with van der Waals surface area (Å²) in [7, 11) is 0. The van der Waals surface area contributed by atoms with Gasteiger partial charge in [-0.3, -0.25) is 9.78 Å². The molecule has 2 fully saturated rings. The lowest BCUT2D eigenvalue weighted by atomic mass is 9.99. The fourth-order valence-corrected chi connectivity index (χ4v) is 5.96. The second-order valence-electron chi connectivity index (χ2n) is 11.4. The first-order valence-electron chi connectivity index (χ1n) is 14.4. The molecule has 2 aliphatic rings. The minimum atomic E-state index is -3.00. The Balaban J connectivity index is 1.22. The number of hydrogen-bond acceptors (Lipinski definition) is 7. The number of rotatable bonds is 6. The lowest BCUT2D eigenvalue weighted by molar-refractivity contribution is -0.134. The second-order valence-corrected chi connectivity index (χ2v) is 11.4. The summed E-state index contributed by atoms with van der Waals surface area (Å²) in [4.78, 5) is 32.7. The third kappa shape index (κ3) is 5.65. The van der Waals surface area contributed by atoms with E-state index in [1.165, 1.54) is 12.1 Å². The molecule has 1 N–H and O–H groups in total. The summed E-state index contributed by atoms with van der Waals surface area (Å²) in [6.07, 6.45) is 9.80. The Bertz CT molecular complexity index is 1560. The Morgan fingerprint density at radius 3 is 2.50 bits per heavy atom. The maximum absolute atomic E-state index is 14.4. The summed E-state index contributed by atoms with van der Waals surface area (Å²) in [5.41, 5.74) is 2.93. The molecule has 0 aliphatic carbocycles. The maximum Gasteiger partial charge on any atom is 0.270 e. The minimum Gasteiger partial charge on any atom is -0.393 e. The number of benzene rings is 1. The van der Waals surface area contributed by atoms with Crippen LogP contribution in [0.15, 0.2) is 61.3 Å². The van der Waals surface area contributed by atoms with Crippen molar-refractivity contribution in [2.75, 3.05) is 42.5 Å². The zero-order valence-corrected chi connectivity index (χ0v) is 23.8. The molecule has 1 amide bonds. The number of aliphatic hydroxyl groups excluding tert-OH is 1. The summed E-state index contributed by atoms with van der Waals surface area (Å²) in [6.45, 7) is 6.11. The minimum absolute atomic E-state index is 0.0268. The highest BCUT2D eigenvalue weighted by Gasteiger charge is 2.31. The number of pyridine rings is 1. The van der Waals surface area contributed by atoms with Crippen molar-refractivity contribution < 1.29 is 18.7 Å². The van der Waals surface area contributed by atoms with Gasteiger partial charge in [0.2, 0.25) is 11.9 Å². The predicted octanol–water partition coefficient (Wildman–Crippen LogP) is 4.30. The first kappa shape index (κ1) is 28.0. The van der Waals surface area contributed by atoms with E-state index >= 15 is 0 Å². The van der Waals surface area contributed by atoms with Crippen LogP contribution in [-0.4, -0.2) is 80.3 Å². The van der Waals surface area contributed by atoms with Gasteiger partial charge in [-0.25, -0.2) is 18.7 Å². The number of carbonyl (C=O) groups excluding carboxylic acids is 1. The fraction of sp³-hybridized carbons (Fsp3) is 0.419. The molecule has 1 aromatic carbocycles. The monoisotopic (exact) mass is 575 g/mol. The van der Waals surface area contributed by atoms with Crippen LogP contribution in [0.1, 0.15) is 32.3 Å². The maximum atomic E-state index is 14.4. The van der Waals surface area contributed by atoms with E-state index in [1.54, 1.807) is 30.9 Å². The first-order valence-corrected chi connectivity index (χ1v) is 14.4. The molecule has 9 nitrogen and oxygen atoms in total. The molecule has 1 atom stereocenters. The molecule has 220 valence electrons. The SMILES string of the molecule is CC1CN(c2ccc(C(C)(F)F)cc2-c2cnc(N3CCC(O)CC3)nc2)CCN1C(=O)Cn1ccc2ccncc21. The van der Waals surface area contributed by atoms with E-state index < -0.39 is 5.92 Å². The van der Waals surface area contributed by atoms with Crippen molar-refractivity contribution in [3.63, 3.8) is 0 Å². The Labute approximate surface area is 243 Å². The Hall–Kier alpha value is -4.12. The molecule has 6 rings (SSSR count). The van der Waals surface area contributed by atoms with E-state index in [0.717, 1.165) is 23.5 Å². The van der Waals surface area contributed by atoms with E-state index in [2.05, 4.69) is 19.9 Å². The number of piperazine rings is 1. The van der Waals surface area contributed by atoms with Gasteiger partial charge in [-0.1, -0.05) is 6.07 Å². The number of nitrogens with zero attached hydrogens (tertiary/aromatic N) is 7. The van der Waals surface area contributed by atoms with E-state index in [1.807, 2.05) is 39.6 Å². The van der Waals surface area contributed by atoms with E-state index in [0.29, 0.717) is 62.6 Å². The standard InChI is InChI=1S/C31H35F2N7O2/c1-21-19-39(13-14-40(21)29(42)20-38-10-6-22-5-9-34-18-28(22)38)27-4-3-24(31(2,32)33)15-26(27)23-16-35-30(36-17-23)37-11-7-25(41)8-12-37/h3-6,9-10,15-18,21,25,41H,7-8,11-14,19-20H2,1-2H3. The molecule has 1 unspecified atom stereocenters. The number of carbonyl (C=O) groups is 1.